The lowest BCUT2D eigenvalue weighted by Crippen LogP contribution is -2.43. The van der Waals surface area contributed by atoms with E-state index in [-0.39, 0.29) is 24.2 Å². The molecule has 34 heavy (non-hydrogen) atoms. The third kappa shape index (κ3) is 4.93. The smallest absolute Gasteiger partial charge is 0.337 e. The predicted octanol–water partition coefficient (Wildman–Crippen LogP) is 2.01. The number of benzene rings is 1. The number of rotatable bonds is 6. The number of hydrogen-bond donors (Lipinski definition) is 1. The number of pyridine rings is 1. The van der Waals surface area contributed by atoms with Crippen molar-refractivity contribution in [3.8, 4) is 5.82 Å². The van der Waals surface area contributed by atoms with Crippen molar-refractivity contribution >= 4 is 22.8 Å². The second-order valence-corrected chi connectivity index (χ2v) is 8.68. The van der Waals surface area contributed by atoms with Crippen LogP contribution < -0.4 is 16.6 Å². The number of fused-ring (bicyclic) bond motifs is 1. The van der Waals surface area contributed by atoms with Gasteiger partial charge in [-0.05, 0) is 49.4 Å². The molecule has 1 saturated carbocycles. The van der Waals surface area contributed by atoms with Crippen LogP contribution in [0.3, 0.4) is 0 Å². The molecule has 2 heterocycles. The van der Waals surface area contributed by atoms with E-state index in [2.05, 4.69) is 10.3 Å². The molecule has 9 heteroatoms. The van der Waals surface area contributed by atoms with Crippen LogP contribution in [0.15, 0.2) is 52.2 Å². The van der Waals surface area contributed by atoms with Gasteiger partial charge in [0.05, 0.1) is 10.9 Å². The lowest BCUT2D eigenvalue weighted by Gasteiger charge is -2.25. The lowest BCUT2D eigenvalue weighted by molar-refractivity contribution is -0.154. The minimum atomic E-state index is -0.844. The molecule has 1 N–H and O–H groups in total. The average molecular weight is 465 g/mol. The molecular weight excluding hydrogens is 436 g/mol. The first-order valence-electron chi connectivity index (χ1n) is 11.5. The first-order valence-corrected chi connectivity index (χ1v) is 11.5. The lowest BCUT2D eigenvalue weighted by atomic mass is 9.97. The minimum Gasteiger partial charge on any atom is -0.461 e. The van der Waals surface area contributed by atoms with E-state index in [1.165, 1.54) is 17.7 Å². The fourth-order valence-corrected chi connectivity index (χ4v) is 4.38. The molecule has 1 amide bonds. The van der Waals surface area contributed by atoms with Gasteiger partial charge < -0.3 is 10.1 Å². The largest absolute Gasteiger partial charge is 0.461 e. The van der Waals surface area contributed by atoms with Crippen LogP contribution in [-0.2, 0) is 27.8 Å². The highest BCUT2D eigenvalue weighted by Crippen LogP contribution is 2.21. The van der Waals surface area contributed by atoms with Crippen LogP contribution in [0.1, 0.15) is 44.6 Å². The van der Waals surface area contributed by atoms with Gasteiger partial charge in [0, 0.05) is 26.6 Å². The minimum absolute atomic E-state index is 0.117. The number of nitrogens with zero attached hydrogens (tertiary/aromatic N) is 3. The van der Waals surface area contributed by atoms with E-state index < -0.39 is 23.3 Å². The number of aryl methyl sites for hydroxylation is 1. The fraction of sp³-hybridized carbons (Fsp3) is 0.400. The SMILES string of the molecule is CC(=O)N[C@@H](Cc1ccc(-n2c(=O)c3ccccc3n(C)c2=O)nc1)C(=O)OC1CCCCC1. The van der Waals surface area contributed by atoms with E-state index >= 15 is 0 Å². The first-order chi connectivity index (χ1) is 16.3. The Kier molecular flexibility index (Phi) is 6.90. The summed E-state index contributed by atoms with van der Waals surface area (Å²) in [6, 6.07) is 9.29. The molecular formula is C25H28N4O5. The Bertz CT molecular complexity index is 1320. The monoisotopic (exact) mass is 464 g/mol. The Labute approximate surface area is 196 Å². The third-order valence-electron chi connectivity index (χ3n) is 6.15. The van der Waals surface area contributed by atoms with Crippen LogP contribution in [0.25, 0.3) is 16.7 Å². The maximum Gasteiger partial charge on any atom is 0.337 e. The zero-order valence-electron chi connectivity index (χ0n) is 19.3. The number of aromatic nitrogens is 3. The molecule has 2 aromatic heterocycles. The standard InChI is InChI=1S/C25H28N4O5/c1-16(30)27-20(24(32)34-18-8-4-3-5-9-18)14-17-12-13-22(26-15-17)29-23(31)19-10-6-7-11-21(19)28(2)25(29)33/h6-7,10-13,15,18,20H,3-5,8-9,14H2,1-2H3,(H,27,30)/t20-/m0/s1. The number of ether oxygens (including phenoxy) is 1. The highest BCUT2D eigenvalue weighted by molar-refractivity contribution is 5.83. The number of amides is 1. The molecule has 0 unspecified atom stereocenters. The number of carbonyl (C=O) groups is 2. The van der Waals surface area contributed by atoms with Crippen molar-refractivity contribution in [3.05, 3.63) is 69.0 Å². The molecule has 1 atom stereocenters. The molecule has 9 nitrogen and oxygen atoms in total. The number of esters is 1. The van der Waals surface area contributed by atoms with Crippen LogP contribution in [0.2, 0.25) is 0 Å². The predicted molar refractivity (Wildman–Crippen MR) is 127 cm³/mol. The Morgan fingerprint density at radius 1 is 1.12 bits per heavy atom. The van der Waals surface area contributed by atoms with E-state index in [4.69, 9.17) is 4.74 Å². The summed E-state index contributed by atoms with van der Waals surface area (Å²) in [4.78, 5) is 54.5. The van der Waals surface area contributed by atoms with Crippen LogP contribution >= 0.6 is 0 Å². The number of nitrogens with one attached hydrogen (secondary N) is 1. The molecule has 1 aromatic carbocycles. The van der Waals surface area contributed by atoms with Gasteiger partial charge in [-0.25, -0.2) is 19.1 Å². The molecule has 178 valence electrons. The maximum atomic E-state index is 13.0. The zero-order valence-corrected chi connectivity index (χ0v) is 19.3. The van der Waals surface area contributed by atoms with E-state index in [1.54, 1.807) is 43.4 Å². The summed E-state index contributed by atoms with van der Waals surface area (Å²) < 4.78 is 8.07. The van der Waals surface area contributed by atoms with Gasteiger partial charge in [-0.15, -0.1) is 0 Å². The quantitative estimate of drug-likeness (QED) is 0.559. The average Bonchev–Trinajstić information content (AvgIpc) is 2.84. The van der Waals surface area contributed by atoms with Crippen molar-refractivity contribution < 1.29 is 14.3 Å². The van der Waals surface area contributed by atoms with Crippen molar-refractivity contribution in [3.63, 3.8) is 0 Å². The topological polar surface area (TPSA) is 112 Å². The van der Waals surface area contributed by atoms with E-state index in [9.17, 15) is 19.2 Å². The summed E-state index contributed by atoms with van der Waals surface area (Å²) in [5.74, 6) is -0.617. The molecule has 3 aromatic rings. The molecule has 1 aliphatic rings. The Morgan fingerprint density at radius 2 is 1.85 bits per heavy atom. The van der Waals surface area contributed by atoms with E-state index in [0.717, 1.165) is 36.7 Å². The normalized spacial score (nSPS) is 15.1. The van der Waals surface area contributed by atoms with E-state index in [1.807, 2.05) is 0 Å². The first kappa shape index (κ1) is 23.4. The van der Waals surface area contributed by atoms with Gasteiger partial charge in [0.25, 0.3) is 5.56 Å². The fourth-order valence-electron chi connectivity index (χ4n) is 4.38. The number of hydrogen-bond acceptors (Lipinski definition) is 6. The molecule has 0 radical (unpaired) electrons. The molecule has 0 bridgehead atoms. The van der Waals surface area contributed by atoms with Crippen molar-refractivity contribution in [1.82, 2.24) is 19.4 Å². The highest BCUT2D eigenvalue weighted by atomic mass is 16.5. The second-order valence-electron chi connectivity index (χ2n) is 8.68. The summed E-state index contributed by atoms with van der Waals surface area (Å²) >= 11 is 0. The van der Waals surface area contributed by atoms with Gasteiger partial charge in [-0.3, -0.25) is 14.2 Å². The van der Waals surface area contributed by atoms with Crippen LogP contribution in [0.4, 0.5) is 0 Å². The van der Waals surface area contributed by atoms with Gasteiger partial charge in [0.1, 0.15) is 18.0 Å². The van der Waals surface area contributed by atoms with Gasteiger partial charge >= 0.3 is 11.7 Å². The Hall–Kier alpha value is -3.75. The van der Waals surface area contributed by atoms with Crippen LogP contribution in [0, 0.1) is 0 Å². The van der Waals surface area contributed by atoms with Crippen LogP contribution in [-0.4, -0.2) is 38.1 Å². The molecule has 0 spiro atoms. The molecule has 1 fully saturated rings. The summed E-state index contributed by atoms with van der Waals surface area (Å²) in [7, 11) is 1.60. The molecule has 1 aliphatic carbocycles. The number of carbonyl (C=O) groups excluding carboxylic acids is 2. The molecule has 0 aliphatic heterocycles. The third-order valence-corrected chi connectivity index (χ3v) is 6.15. The molecule has 0 saturated heterocycles. The summed E-state index contributed by atoms with van der Waals surface area (Å²) in [5.41, 5.74) is 0.246. The van der Waals surface area contributed by atoms with Crippen molar-refractivity contribution in [2.45, 2.75) is 57.6 Å². The van der Waals surface area contributed by atoms with Crippen molar-refractivity contribution in [2.75, 3.05) is 0 Å². The van der Waals surface area contributed by atoms with Crippen molar-refractivity contribution in [2.24, 2.45) is 7.05 Å². The second kappa shape index (κ2) is 10.0. The van der Waals surface area contributed by atoms with Gasteiger partial charge in [0.2, 0.25) is 5.91 Å². The summed E-state index contributed by atoms with van der Waals surface area (Å²) in [6.07, 6.45) is 6.44. The highest BCUT2D eigenvalue weighted by Gasteiger charge is 2.26. The van der Waals surface area contributed by atoms with Crippen molar-refractivity contribution in [1.29, 1.82) is 0 Å². The number of para-hydroxylation sites is 1. The summed E-state index contributed by atoms with van der Waals surface area (Å²) in [6.45, 7) is 1.35. The van der Waals surface area contributed by atoms with Gasteiger partial charge in [0.15, 0.2) is 0 Å². The molecule has 4 rings (SSSR count). The maximum absolute atomic E-state index is 13.0. The van der Waals surface area contributed by atoms with Gasteiger partial charge in [-0.2, -0.15) is 0 Å². The summed E-state index contributed by atoms with van der Waals surface area (Å²) in [5, 5.41) is 3.07. The van der Waals surface area contributed by atoms with Crippen LogP contribution in [0.5, 0.6) is 0 Å². The Balaban J connectivity index is 1.58. The van der Waals surface area contributed by atoms with Gasteiger partial charge in [-0.1, -0.05) is 24.6 Å². The Morgan fingerprint density at radius 3 is 2.53 bits per heavy atom. The van der Waals surface area contributed by atoms with E-state index in [0.29, 0.717) is 16.5 Å². The zero-order chi connectivity index (χ0) is 24.2.